The Morgan fingerprint density at radius 1 is 0.912 bits per heavy atom. The van der Waals surface area contributed by atoms with Gasteiger partial charge in [0.2, 0.25) is 0 Å². The van der Waals surface area contributed by atoms with E-state index in [1.807, 2.05) is 0 Å². The molecule has 4 aliphatic rings. The molecule has 2 N–H and O–H groups in total. The molecule has 0 heterocycles. The predicted molar refractivity (Wildman–Crippen MR) is 130 cm³/mol. The molecule has 34 heavy (non-hydrogen) atoms. The van der Waals surface area contributed by atoms with E-state index in [-0.39, 0.29) is 17.8 Å². The summed E-state index contributed by atoms with van der Waals surface area (Å²) in [6.45, 7) is 10.2. The smallest absolute Gasteiger partial charge is 0.390 e. The van der Waals surface area contributed by atoms with Crippen molar-refractivity contribution < 1.29 is 23.4 Å². The second kappa shape index (κ2) is 8.92. The van der Waals surface area contributed by atoms with Gasteiger partial charge in [-0.3, -0.25) is 0 Å². The zero-order chi connectivity index (χ0) is 25.2. The minimum absolute atomic E-state index is 0.196. The van der Waals surface area contributed by atoms with Crippen molar-refractivity contribution in [2.24, 2.45) is 46.3 Å². The molecule has 2 nitrogen and oxygen atoms in total. The molecule has 4 fully saturated rings. The SMILES string of the molecule is CC[C@H](CC[C@@](C)(O)C(F)(F)F)[C@H]1CC[C@H]2[C@@H]3CC[C@H]4C[C@](O)(CC)CC[C@]4(C)[C@H]3CC[C@]12C. The molecule has 0 aromatic heterocycles. The van der Waals surface area contributed by atoms with Gasteiger partial charge in [0.15, 0.2) is 5.60 Å². The van der Waals surface area contributed by atoms with E-state index in [1.54, 1.807) is 0 Å². The molecule has 0 spiro atoms. The second-order valence-electron chi connectivity index (χ2n) is 13.6. The van der Waals surface area contributed by atoms with Crippen LogP contribution in [0.2, 0.25) is 0 Å². The van der Waals surface area contributed by atoms with E-state index < -0.39 is 17.4 Å². The molecule has 4 saturated carbocycles. The third-order valence-electron chi connectivity index (χ3n) is 12.3. The minimum atomic E-state index is -4.57. The van der Waals surface area contributed by atoms with Crippen molar-refractivity contribution in [1.82, 2.24) is 0 Å². The van der Waals surface area contributed by atoms with E-state index in [0.29, 0.717) is 29.6 Å². The normalized spacial score (nSPS) is 47.3. The fourth-order valence-corrected chi connectivity index (χ4v) is 9.76. The molecule has 0 unspecified atom stereocenters. The number of alkyl halides is 3. The fourth-order valence-electron chi connectivity index (χ4n) is 9.76. The highest BCUT2D eigenvalue weighted by Gasteiger charge is 2.61. The number of hydrogen-bond donors (Lipinski definition) is 2. The van der Waals surface area contributed by atoms with Crippen molar-refractivity contribution >= 4 is 0 Å². The maximum absolute atomic E-state index is 13.3. The van der Waals surface area contributed by atoms with E-state index in [2.05, 4.69) is 27.7 Å². The quantitative estimate of drug-likeness (QED) is 0.400. The monoisotopic (exact) mass is 486 g/mol. The number of rotatable bonds is 6. The summed E-state index contributed by atoms with van der Waals surface area (Å²) in [6.07, 6.45) is 7.74. The van der Waals surface area contributed by atoms with Crippen LogP contribution in [-0.2, 0) is 0 Å². The van der Waals surface area contributed by atoms with Crippen LogP contribution in [0.25, 0.3) is 0 Å². The van der Waals surface area contributed by atoms with Gasteiger partial charge >= 0.3 is 6.18 Å². The predicted octanol–water partition coefficient (Wildman–Crippen LogP) is 7.91. The van der Waals surface area contributed by atoms with E-state index in [0.717, 1.165) is 57.3 Å². The van der Waals surface area contributed by atoms with Crippen LogP contribution in [0.3, 0.4) is 0 Å². The fraction of sp³-hybridized carbons (Fsp3) is 1.00. The van der Waals surface area contributed by atoms with Crippen LogP contribution in [-0.4, -0.2) is 27.6 Å². The van der Waals surface area contributed by atoms with Crippen LogP contribution in [0.4, 0.5) is 13.2 Å². The van der Waals surface area contributed by atoms with Gasteiger partial charge in [-0.05, 0) is 130 Å². The summed E-state index contributed by atoms with van der Waals surface area (Å²) in [6, 6.07) is 0. The summed E-state index contributed by atoms with van der Waals surface area (Å²) in [5.74, 6) is 3.49. The highest BCUT2D eigenvalue weighted by molar-refractivity contribution is 5.11. The third kappa shape index (κ3) is 4.27. The minimum Gasteiger partial charge on any atom is -0.390 e. The average molecular weight is 487 g/mol. The van der Waals surface area contributed by atoms with Gasteiger partial charge in [-0.2, -0.15) is 13.2 Å². The van der Waals surface area contributed by atoms with Gasteiger partial charge in [0.1, 0.15) is 0 Å². The number of halogens is 3. The van der Waals surface area contributed by atoms with Crippen LogP contribution < -0.4 is 0 Å². The number of hydrogen-bond acceptors (Lipinski definition) is 2. The Morgan fingerprint density at radius 3 is 2.21 bits per heavy atom. The molecular formula is C29H49F3O2. The first kappa shape index (κ1) is 26.8. The maximum atomic E-state index is 13.3. The van der Waals surface area contributed by atoms with Crippen molar-refractivity contribution in [3.05, 3.63) is 0 Å². The first-order valence-electron chi connectivity index (χ1n) is 14.2. The lowest BCUT2D eigenvalue weighted by atomic mass is 9.43. The topological polar surface area (TPSA) is 40.5 Å². The molecule has 4 rings (SSSR count). The lowest BCUT2D eigenvalue weighted by molar-refractivity contribution is -0.256. The molecule has 0 bridgehead atoms. The summed E-state index contributed by atoms with van der Waals surface area (Å²) in [5.41, 5.74) is -2.51. The molecule has 198 valence electrons. The molecule has 5 heteroatoms. The van der Waals surface area contributed by atoms with Crippen molar-refractivity contribution in [2.75, 3.05) is 0 Å². The first-order chi connectivity index (χ1) is 15.7. The van der Waals surface area contributed by atoms with E-state index in [1.165, 1.54) is 32.1 Å². The number of fused-ring (bicyclic) bond motifs is 5. The zero-order valence-electron chi connectivity index (χ0n) is 22.2. The molecule has 0 aromatic carbocycles. The van der Waals surface area contributed by atoms with Gasteiger partial charge in [0.25, 0.3) is 0 Å². The summed E-state index contributed by atoms with van der Waals surface area (Å²) < 4.78 is 39.8. The Kier molecular flexibility index (Phi) is 7.02. The Hall–Kier alpha value is -0.290. The van der Waals surface area contributed by atoms with Crippen LogP contribution in [0.15, 0.2) is 0 Å². The van der Waals surface area contributed by atoms with E-state index in [4.69, 9.17) is 0 Å². The molecule has 0 radical (unpaired) electrons. The molecule has 0 aliphatic heterocycles. The second-order valence-corrected chi connectivity index (χ2v) is 13.6. The Morgan fingerprint density at radius 2 is 1.59 bits per heavy atom. The van der Waals surface area contributed by atoms with Gasteiger partial charge < -0.3 is 10.2 Å². The van der Waals surface area contributed by atoms with Crippen LogP contribution in [0.1, 0.15) is 118 Å². The standard InChI is InChI=1S/C29H49F3O2/c1-6-19(12-15-27(5,33)29(30,31)32)22-10-11-23-21-9-8-20-18-28(34,7-2)17-16-25(20,3)24(21)13-14-26(22,23)4/h19-24,33-34H,6-18H2,1-5H3/t19-,20+,21+,22-,23+,24+,25+,26-,27-,28+/m1/s1. The first-order valence-corrected chi connectivity index (χ1v) is 14.2. The molecule has 0 aromatic rings. The summed E-state index contributed by atoms with van der Waals surface area (Å²) in [5, 5.41) is 21.1. The Labute approximate surface area is 205 Å². The highest BCUT2D eigenvalue weighted by atomic mass is 19.4. The zero-order valence-corrected chi connectivity index (χ0v) is 22.2. The lowest BCUT2D eigenvalue weighted by Gasteiger charge is -2.62. The van der Waals surface area contributed by atoms with Gasteiger partial charge in [-0.1, -0.05) is 34.1 Å². The van der Waals surface area contributed by atoms with Gasteiger partial charge in [-0.15, -0.1) is 0 Å². The molecular weight excluding hydrogens is 437 g/mol. The van der Waals surface area contributed by atoms with Crippen LogP contribution >= 0.6 is 0 Å². The molecule has 10 atom stereocenters. The van der Waals surface area contributed by atoms with Crippen molar-refractivity contribution in [3.8, 4) is 0 Å². The van der Waals surface area contributed by atoms with Crippen LogP contribution in [0.5, 0.6) is 0 Å². The Bertz CT molecular complexity index is 735. The van der Waals surface area contributed by atoms with Crippen molar-refractivity contribution in [1.29, 1.82) is 0 Å². The largest absolute Gasteiger partial charge is 0.416 e. The molecule has 0 amide bonds. The average Bonchev–Trinajstić information content (AvgIpc) is 3.11. The maximum Gasteiger partial charge on any atom is 0.416 e. The summed E-state index contributed by atoms with van der Waals surface area (Å²) >= 11 is 0. The molecule has 4 aliphatic carbocycles. The molecule has 0 saturated heterocycles. The van der Waals surface area contributed by atoms with Crippen molar-refractivity contribution in [3.63, 3.8) is 0 Å². The van der Waals surface area contributed by atoms with E-state index >= 15 is 0 Å². The van der Waals surface area contributed by atoms with Gasteiger partial charge in [0, 0.05) is 0 Å². The van der Waals surface area contributed by atoms with Crippen LogP contribution in [0, 0.1) is 46.3 Å². The van der Waals surface area contributed by atoms with Crippen molar-refractivity contribution in [2.45, 2.75) is 135 Å². The third-order valence-corrected chi connectivity index (χ3v) is 12.3. The summed E-state index contributed by atoms with van der Waals surface area (Å²) in [4.78, 5) is 0. The lowest BCUT2D eigenvalue weighted by Crippen LogP contribution is -2.56. The summed E-state index contributed by atoms with van der Waals surface area (Å²) in [7, 11) is 0. The van der Waals surface area contributed by atoms with E-state index in [9.17, 15) is 23.4 Å². The van der Waals surface area contributed by atoms with Gasteiger partial charge in [-0.25, -0.2) is 0 Å². The highest BCUT2D eigenvalue weighted by Crippen LogP contribution is 2.69. The van der Waals surface area contributed by atoms with Gasteiger partial charge in [0.05, 0.1) is 5.60 Å². The number of aliphatic hydroxyl groups is 2. The Balaban J connectivity index is 1.48.